The summed E-state index contributed by atoms with van der Waals surface area (Å²) in [4.78, 5) is 35.8. The van der Waals surface area contributed by atoms with Gasteiger partial charge in [-0.2, -0.15) is 0 Å². The van der Waals surface area contributed by atoms with Crippen LogP contribution in [0.3, 0.4) is 0 Å². The molecule has 1 unspecified atom stereocenters. The number of allylic oxidation sites excluding steroid dienone is 6. The van der Waals surface area contributed by atoms with Crippen LogP contribution in [0.25, 0.3) is 0 Å². The van der Waals surface area contributed by atoms with E-state index >= 15 is 0 Å². The maximum atomic E-state index is 12.3. The molecule has 0 aromatic rings. The van der Waals surface area contributed by atoms with Gasteiger partial charge in [0.05, 0.1) is 7.11 Å². The summed E-state index contributed by atoms with van der Waals surface area (Å²) in [6.07, 6.45) is 10.7. The van der Waals surface area contributed by atoms with Gasteiger partial charge < -0.3 is 9.47 Å². The number of Topliss-reactive ketones (excluding diaryl/α,β-unsaturated/α-hetero) is 1. The van der Waals surface area contributed by atoms with Gasteiger partial charge in [0.1, 0.15) is 5.57 Å². The summed E-state index contributed by atoms with van der Waals surface area (Å²) in [5, 5.41) is 0. The second-order valence-electron chi connectivity index (χ2n) is 5.39. The van der Waals surface area contributed by atoms with Crippen molar-refractivity contribution in [3.8, 4) is 0 Å². The van der Waals surface area contributed by atoms with Crippen LogP contribution < -0.4 is 0 Å². The molecule has 0 radical (unpaired) electrons. The molecule has 0 saturated heterocycles. The van der Waals surface area contributed by atoms with E-state index in [1.54, 1.807) is 19.1 Å². The molecule has 1 atom stereocenters. The molecule has 24 heavy (non-hydrogen) atoms. The number of hydrogen-bond donors (Lipinski definition) is 0. The number of cyclic esters (lactones) is 1. The van der Waals surface area contributed by atoms with Crippen LogP contribution in [0.2, 0.25) is 0 Å². The first-order valence-corrected chi connectivity index (χ1v) is 7.62. The second-order valence-corrected chi connectivity index (χ2v) is 5.39. The summed E-state index contributed by atoms with van der Waals surface area (Å²) in [6.45, 7) is 7.20. The molecule has 0 saturated carbocycles. The predicted molar refractivity (Wildman–Crippen MR) is 90.8 cm³/mol. The third-order valence-corrected chi connectivity index (χ3v) is 3.27. The molecule has 5 nitrogen and oxygen atoms in total. The van der Waals surface area contributed by atoms with Gasteiger partial charge in [0.15, 0.2) is 23.1 Å². The van der Waals surface area contributed by atoms with Crippen molar-refractivity contribution in [3.05, 3.63) is 60.1 Å². The fraction of sp³-hybridized carbons (Fsp3) is 0.316. The molecule has 0 aromatic carbocycles. The summed E-state index contributed by atoms with van der Waals surface area (Å²) in [6, 6.07) is 0. The topological polar surface area (TPSA) is 69.7 Å². The van der Waals surface area contributed by atoms with Crippen molar-refractivity contribution in [2.75, 3.05) is 7.11 Å². The minimum absolute atomic E-state index is 0.0328. The molecular formula is C19H22O5. The molecule has 0 aliphatic carbocycles. The largest absolute Gasteiger partial charge is 0.492 e. The van der Waals surface area contributed by atoms with Crippen molar-refractivity contribution >= 4 is 17.5 Å². The Morgan fingerprint density at radius 2 is 1.88 bits per heavy atom. The van der Waals surface area contributed by atoms with Crippen LogP contribution >= 0.6 is 0 Å². The minimum Gasteiger partial charge on any atom is -0.492 e. The van der Waals surface area contributed by atoms with E-state index in [9.17, 15) is 14.4 Å². The number of rotatable bonds is 9. The third kappa shape index (κ3) is 5.50. The van der Waals surface area contributed by atoms with Crippen molar-refractivity contribution in [3.63, 3.8) is 0 Å². The molecule has 128 valence electrons. The van der Waals surface area contributed by atoms with Gasteiger partial charge in [-0.3, -0.25) is 9.59 Å². The average molecular weight is 330 g/mol. The Morgan fingerprint density at radius 3 is 2.50 bits per heavy atom. The van der Waals surface area contributed by atoms with Crippen LogP contribution in [0.15, 0.2) is 60.1 Å². The lowest BCUT2D eigenvalue weighted by atomic mass is 9.95. The highest BCUT2D eigenvalue weighted by Gasteiger charge is 2.35. The number of esters is 1. The Bertz CT molecular complexity index is 647. The van der Waals surface area contributed by atoms with E-state index in [1.807, 2.05) is 25.2 Å². The Balaban J connectivity index is 2.61. The van der Waals surface area contributed by atoms with E-state index in [1.165, 1.54) is 13.2 Å². The summed E-state index contributed by atoms with van der Waals surface area (Å²) < 4.78 is 9.80. The van der Waals surface area contributed by atoms with Crippen molar-refractivity contribution in [1.29, 1.82) is 0 Å². The van der Waals surface area contributed by atoms with Gasteiger partial charge in [-0.25, -0.2) is 4.79 Å². The standard InChI is InChI=1S/C19H22O5/c1-5-6-7-8-9-10-15(20)11-13(2)12-16(21)17-18(23-4)14(3)24-19(17)22/h5-10,13H,3,11-12H2,1-2,4H3/b6-5+,8-7+,10-9+. The van der Waals surface area contributed by atoms with Crippen LogP contribution in [-0.2, 0) is 23.9 Å². The molecule has 1 rings (SSSR count). The van der Waals surface area contributed by atoms with E-state index in [0.717, 1.165) is 0 Å². The van der Waals surface area contributed by atoms with E-state index in [4.69, 9.17) is 9.47 Å². The maximum absolute atomic E-state index is 12.3. The van der Waals surface area contributed by atoms with Crippen LogP contribution in [0.5, 0.6) is 0 Å². The van der Waals surface area contributed by atoms with E-state index in [-0.39, 0.29) is 41.6 Å². The highest BCUT2D eigenvalue weighted by atomic mass is 16.6. The normalized spacial score (nSPS) is 16.5. The number of ether oxygens (including phenoxy) is 2. The number of hydrogen-bond acceptors (Lipinski definition) is 5. The third-order valence-electron chi connectivity index (χ3n) is 3.27. The Labute approximate surface area is 142 Å². The Kier molecular flexibility index (Phi) is 7.62. The summed E-state index contributed by atoms with van der Waals surface area (Å²) in [5.74, 6) is -1.36. The van der Waals surface area contributed by atoms with Gasteiger partial charge in [0, 0.05) is 12.8 Å². The Morgan fingerprint density at radius 1 is 1.21 bits per heavy atom. The minimum atomic E-state index is -0.755. The Hall–Kier alpha value is -2.69. The van der Waals surface area contributed by atoms with E-state index < -0.39 is 11.8 Å². The molecule has 0 fully saturated rings. The zero-order chi connectivity index (χ0) is 18.1. The van der Waals surface area contributed by atoms with Gasteiger partial charge >= 0.3 is 5.97 Å². The van der Waals surface area contributed by atoms with Crippen LogP contribution in [0.1, 0.15) is 26.7 Å². The number of carbonyl (C=O) groups is 3. The number of methoxy groups -OCH3 is 1. The molecule has 1 heterocycles. The first-order valence-electron chi connectivity index (χ1n) is 7.62. The van der Waals surface area contributed by atoms with Gasteiger partial charge in [0.25, 0.3) is 0 Å². The van der Waals surface area contributed by atoms with E-state index in [0.29, 0.717) is 0 Å². The van der Waals surface area contributed by atoms with Crippen LogP contribution in [0.4, 0.5) is 0 Å². The fourth-order valence-electron chi connectivity index (χ4n) is 2.20. The summed E-state index contributed by atoms with van der Waals surface area (Å²) >= 11 is 0. The summed E-state index contributed by atoms with van der Waals surface area (Å²) in [7, 11) is 1.34. The van der Waals surface area contributed by atoms with Crippen molar-refractivity contribution in [1.82, 2.24) is 0 Å². The lowest BCUT2D eigenvalue weighted by Crippen LogP contribution is -2.16. The maximum Gasteiger partial charge on any atom is 0.351 e. The molecule has 1 aliphatic rings. The lowest BCUT2D eigenvalue weighted by Gasteiger charge is -2.08. The average Bonchev–Trinajstić information content (AvgIpc) is 2.80. The second kappa shape index (κ2) is 9.45. The van der Waals surface area contributed by atoms with Gasteiger partial charge in [-0.1, -0.05) is 43.9 Å². The molecule has 0 spiro atoms. The predicted octanol–water partition coefficient (Wildman–Crippen LogP) is 3.20. The first-order chi connectivity index (χ1) is 11.4. The van der Waals surface area contributed by atoms with Crippen molar-refractivity contribution < 1.29 is 23.9 Å². The lowest BCUT2D eigenvalue weighted by molar-refractivity contribution is -0.134. The van der Waals surface area contributed by atoms with Crippen molar-refractivity contribution in [2.45, 2.75) is 26.7 Å². The molecule has 5 heteroatoms. The fourth-order valence-corrected chi connectivity index (χ4v) is 2.20. The van der Waals surface area contributed by atoms with E-state index in [2.05, 4.69) is 6.58 Å². The number of carbonyl (C=O) groups excluding carboxylic acids is 3. The molecule has 0 bridgehead atoms. The van der Waals surface area contributed by atoms with Gasteiger partial charge in [0.2, 0.25) is 0 Å². The molecule has 0 aromatic heterocycles. The summed E-state index contributed by atoms with van der Waals surface area (Å²) in [5.41, 5.74) is -0.133. The highest BCUT2D eigenvalue weighted by Crippen LogP contribution is 2.27. The zero-order valence-corrected chi connectivity index (χ0v) is 14.2. The van der Waals surface area contributed by atoms with Gasteiger partial charge in [-0.05, 0) is 18.9 Å². The van der Waals surface area contributed by atoms with Gasteiger partial charge in [-0.15, -0.1) is 0 Å². The van der Waals surface area contributed by atoms with Crippen LogP contribution in [-0.4, -0.2) is 24.6 Å². The monoisotopic (exact) mass is 330 g/mol. The molecule has 0 amide bonds. The molecule has 1 aliphatic heterocycles. The van der Waals surface area contributed by atoms with Crippen LogP contribution in [0, 0.1) is 5.92 Å². The number of ketones is 2. The smallest absolute Gasteiger partial charge is 0.351 e. The first kappa shape index (κ1) is 19.4. The van der Waals surface area contributed by atoms with Crippen molar-refractivity contribution in [2.24, 2.45) is 5.92 Å². The zero-order valence-electron chi connectivity index (χ0n) is 14.2. The molecular weight excluding hydrogens is 308 g/mol. The SMILES string of the molecule is C=C1OC(=O)C(C(=O)CC(C)CC(=O)/C=C/C=C/C=C/C)=C1OC. The highest BCUT2D eigenvalue weighted by molar-refractivity contribution is 6.20. The quantitative estimate of drug-likeness (QED) is 0.281. The molecule has 0 N–H and O–H groups in total.